The zero-order valence-electron chi connectivity index (χ0n) is 16.4. The number of aromatic amines is 1. The van der Waals surface area contributed by atoms with E-state index in [1.54, 1.807) is 12.3 Å². The summed E-state index contributed by atoms with van der Waals surface area (Å²) in [6.45, 7) is 8.09. The van der Waals surface area contributed by atoms with E-state index in [9.17, 15) is 13.6 Å². The van der Waals surface area contributed by atoms with Crippen LogP contribution in [-0.2, 0) is 0 Å². The van der Waals surface area contributed by atoms with E-state index in [4.69, 9.17) is 0 Å². The average molecular weight is 391 g/mol. The van der Waals surface area contributed by atoms with Crippen molar-refractivity contribution >= 4 is 22.6 Å². The quantitative estimate of drug-likeness (QED) is 0.874. The minimum atomic E-state index is -2.80. The fourth-order valence-electron chi connectivity index (χ4n) is 4.09. The van der Waals surface area contributed by atoms with Gasteiger partial charge in [0.05, 0.1) is 18.3 Å². The molecule has 2 aliphatic rings. The molecular formula is C20H27F2N5O. The van der Waals surface area contributed by atoms with Gasteiger partial charge in [0, 0.05) is 50.6 Å². The summed E-state index contributed by atoms with van der Waals surface area (Å²) < 4.78 is 27.3. The van der Waals surface area contributed by atoms with Gasteiger partial charge in [0.2, 0.25) is 0 Å². The summed E-state index contributed by atoms with van der Waals surface area (Å²) in [4.78, 5) is 26.2. The number of carbonyl (C=O) groups is 1. The van der Waals surface area contributed by atoms with Crippen LogP contribution in [0.25, 0.3) is 10.9 Å². The highest BCUT2D eigenvalue weighted by Crippen LogP contribution is 2.28. The number of piperazine rings is 1. The Bertz CT molecular complexity index is 857. The van der Waals surface area contributed by atoms with Gasteiger partial charge in [-0.15, -0.1) is 0 Å². The monoisotopic (exact) mass is 391 g/mol. The van der Waals surface area contributed by atoms with Crippen LogP contribution in [0.4, 0.5) is 14.6 Å². The molecule has 4 heterocycles. The van der Waals surface area contributed by atoms with Gasteiger partial charge in [-0.25, -0.2) is 13.8 Å². The van der Waals surface area contributed by atoms with Crippen LogP contribution in [0.5, 0.6) is 0 Å². The molecule has 0 bridgehead atoms. The topological polar surface area (TPSA) is 55.5 Å². The number of aromatic nitrogens is 2. The number of nitrogens with one attached hydrogen (secondary N) is 1. The molecule has 8 heteroatoms. The molecule has 1 N–H and O–H groups in total. The SMILES string of the molecule is CC(C)N1CCN(c2cc3cc(C(=O)N4CCCC(F)(F)C4)[nH]c3cn2)CC1. The lowest BCUT2D eigenvalue weighted by atomic mass is 10.1. The highest BCUT2D eigenvalue weighted by atomic mass is 19.3. The number of carbonyl (C=O) groups excluding carboxylic acids is 1. The summed E-state index contributed by atoms with van der Waals surface area (Å²) in [6.07, 6.45) is 1.90. The lowest BCUT2D eigenvalue weighted by Gasteiger charge is -2.37. The highest BCUT2D eigenvalue weighted by molar-refractivity contribution is 5.98. The van der Waals surface area contributed by atoms with E-state index in [0.717, 1.165) is 42.9 Å². The predicted molar refractivity (Wildman–Crippen MR) is 105 cm³/mol. The molecule has 0 saturated carbocycles. The van der Waals surface area contributed by atoms with Crippen LogP contribution < -0.4 is 4.90 Å². The van der Waals surface area contributed by atoms with Crippen LogP contribution in [0.1, 0.15) is 37.2 Å². The van der Waals surface area contributed by atoms with Crippen LogP contribution >= 0.6 is 0 Å². The number of nitrogens with zero attached hydrogens (tertiary/aromatic N) is 4. The molecule has 28 heavy (non-hydrogen) atoms. The van der Waals surface area contributed by atoms with Crippen molar-refractivity contribution in [1.29, 1.82) is 0 Å². The van der Waals surface area contributed by atoms with E-state index in [-0.39, 0.29) is 12.3 Å². The Morgan fingerprint density at radius 1 is 1.18 bits per heavy atom. The van der Waals surface area contributed by atoms with Crippen molar-refractivity contribution in [3.63, 3.8) is 0 Å². The van der Waals surface area contributed by atoms with Crippen molar-refractivity contribution in [2.75, 3.05) is 44.2 Å². The molecule has 0 atom stereocenters. The lowest BCUT2D eigenvalue weighted by Crippen LogP contribution is -2.49. The molecule has 0 unspecified atom stereocenters. The van der Waals surface area contributed by atoms with Gasteiger partial charge in [0.1, 0.15) is 11.5 Å². The third-order valence-electron chi connectivity index (χ3n) is 5.77. The zero-order chi connectivity index (χ0) is 19.9. The van der Waals surface area contributed by atoms with Gasteiger partial charge in [-0.1, -0.05) is 0 Å². The van der Waals surface area contributed by atoms with Crippen LogP contribution in [0.15, 0.2) is 18.3 Å². The smallest absolute Gasteiger partial charge is 0.270 e. The first-order chi connectivity index (χ1) is 13.3. The van der Waals surface area contributed by atoms with E-state index in [0.29, 0.717) is 24.7 Å². The number of anilines is 1. The molecule has 0 radical (unpaired) electrons. The minimum Gasteiger partial charge on any atom is -0.354 e. The van der Waals surface area contributed by atoms with Crippen molar-refractivity contribution in [2.45, 2.75) is 38.7 Å². The number of H-pyrrole nitrogens is 1. The molecule has 1 amide bonds. The number of likely N-dealkylation sites (tertiary alicyclic amines) is 1. The molecule has 0 spiro atoms. The maximum atomic E-state index is 13.6. The predicted octanol–water partition coefficient (Wildman–Crippen LogP) is 2.96. The second kappa shape index (κ2) is 7.31. The van der Waals surface area contributed by atoms with Crippen LogP contribution in [-0.4, -0.2) is 76.9 Å². The average Bonchev–Trinajstić information content (AvgIpc) is 3.10. The lowest BCUT2D eigenvalue weighted by molar-refractivity contribution is -0.0561. The number of hydrogen-bond acceptors (Lipinski definition) is 4. The number of fused-ring (bicyclic) bond motifs is 1. The molecule has 2 aromatic rings. The third kappa shape index (κ3) is 3.83. The van der Waals surface area contributed by atoms with Crippen molar-refractivity contribution in [3.05, 3.63) is 24.0 Å². The minimum absolute atomic E-state index is 0.152. The molecule has 6 nitrogen and oxygen atoms in total. The summed E-state index contributed by atoms with van der Waals surface area (Å²) in [7, 11) is 0. The first kappa shape index (κ1) is 19.1. The van der Waals surface area contributed by atoms with Crippen LogP contribution in [0.3, 0.4) is 0 Å². The summed E-state index contributed by atoms with van der Waals surface area (Å²) in [5.41, 5.74) is 1.09. The molecule has 152 valence electrons. The maximum absolute atomic E-state index is 13.6. The number of pyridine rings is 1. The number of halogens is 2. The van der Waals surface area contributed by atoms with E-state index >= 15 is 0 Å². The van der Waals surface area contributed by atoms with Crippen molar-refractivity contribution in [2.24, 2.45) is 0 Å². The largest absolute Gasteiger partial charge is 0.354 e. The number of piperidine rings is 1. The Balaban J connectivity index is 1.50. The zero-order valence-corrected chi connectivity index (χ0v) is 16.4. The van der Waals surface area contributed by atoms with Gasteiger partial charge in [0.15, 0.2) is 0 Å². The molecule has 2 aromatic heterocycles. The molecule has 4 rings (SSSR count). The molecule has 2 aliphatic heterocycles. The third-order valence-corrected chi connectivity index (χ3v) is 5.77. The summed E-state index contributed by atoms with van der Waals surface area (Å²) in [5, 5.41) is 0.878. The second-order valence-electron chi connectivity index (χ2n) is 8.12. The van der Waals surface area contributed by atoms with Gasteiger partial charge in [-0.3, -0.25) is 9.69 Å². The molecule has 2 saturated heterocycles. The Hall–Kier alpha value is -2.22. The standard InChI is InChI=1S/C20H27F2N5O/c1-14(2)25-6-8-26(9-7-25)18-11-15-10-16(24-17(15)12-23-18)19(28)27-5-3-4-20(21,22)13-27/h10-12,14,24H,3-9,13H2,1-2H3. The van der Waals surface area contributed by atoms with Gasteiger partial charge in [-0.05, 0) is 32.4 Å². The Morgan fingerprint density at radius 2 is 1.93 bits per heavy atom. The molecular weight excluding hydrogens is 364 g/mol. The van der Waals surface area contributed by atoms with Gasteiger partial charge in [-0.2, -0.15) is 0 Å². The van der Waals surface area contributed by atoms with E-state index < -0.39 is 12.5 Å². The molecule has 0 aromatic carbocycles. The summed E-state index contributed by atoms with van der Waals surface area (Å²) >= 11 is 0. The Morgan fingerprint density at radius 3 is 2.61 bits per heavy atom. The number of rotatable bonds is 3. The van der Waals surface area contributed by atoms with Crippen molar-refractivity contribution < 1.29 is 13.6 Å². The first-order valence-electron chi connectivity index (χ1n) is 9.97. The van der Waals surface area contributed by atoms with Crippen LogP contribution in [0.2, 0.25) is 0 Å². The molecule has 2 fully saturated rings. The van der Waals surface area contributed by atoms with Gasteiger partial charge >= 0.3 is 0 Å². The van der Waals surface area contributed by atoms with Crippen LogP contribution in [0, 0.1) is 0 Å². The van der Waals surface area contributed by atoms with Gasteiger partial charge in [0.25, 0.3) is 11.8 Å². The summed E-state index contributed by atoms with van der Waals surface area (Å²) in [5.74, 6) is -2.28. The number of amides is 1. The second-order valence-corrected chi connectivity index (χ2v) is 8.12. The van der Waals surface area contributed by atoms with Crippen molar-refractivity contribution in [1.82, 2.24) is 19.8 Å². The van der Waals surface area contributed by atoms with Crippen molar-refractivity contribution in [3.8, 4) is 0 Å². The fourth-order valence-corrected chi connectivity index (χ4v) is 4.09. The van der Waals surface area contributed by atoms with Gasteiger partial charge < -0.3 is 14.8 Å². The maximum Gasteiger partial charge on any atom is 0.270 e. The van der Waals surface area contributed by atoms with E-state index in [2.05, 4.69) is 33.6 Å². The fraction of sp³-hybridized carbons (Fsp3) is 0.600. The number of alkyl halides is 2. The Kier molecular flexibility index (Phi) is 4.99. The molecule has 0 aliphatic carbocycles. The first-order valence-corrected chi connectivity index (χ1v) is 9.97. The number of hydrogen-bond donors (Lipinski definition) is 1. The Labute approximate surface area is 163 Å². The highest BCUT2D eigenvalue weighted by Gasteiger charge is 2.37. The normalized spacial score (nSPS) is 20.9. The summed E-state index contributed by atoms with van der Waals surface area (Å²) in [6, 6.07) is 4.26. The van der Waals surface area contributed by atoms with E-state index in [1.165, 1.54) is 4.90 Å². The van der Waals surface area contributed by atoms with E-state index in [1.807, 2.05) is 6.07 Å².